The first kappa shape index (κ1) is 23.5. The number of anilines is 3. The predicted octanol–water partition coefficient (Wildman–Crippen LogP) is 4.16. The highest BCUT2D eigenvalue weighted by Crippen LogP contribution is 2.26. The van der Waals surface area contributed by atoms with Crippen molar-refractivity contribution in [2.24, 2.45) is 0 Å². The molecule has 3 aromatic heterocycles. The first-order valence-corrected chi connectivity index (χ1v) is 11.4. The van der Waals surface area contributed by atoms with E-state index >= 15 is 0 Å². The molecular weight excluding hydrogens is 470 g/mol. The summed E-state index contributed by atoms with van der Waals surface area (Å²) in [6.45, 7) is 0. The number of imidazole rings is 1. The lowest BCUT2D eigenvalue weighted by molar-refractivity contribution is 0.0962. The molecule has 0 aliphatic carbocycles. The third-order valence-electron chi connectivity index (χ3n) is 5.63. The minimum atomic E-state index is -0.277. The Morgan fingerprint density at radius 2 is 1.73 bits per heavy atom. The van der Waals surface area contributed by atoms with Gasteiger partial charge in [0.25, 0.3) is 11.8 Å². The molecule has 0 unspecified atom stereocenters. The summed E-state index contributed by atoms with van der Waals surface area (Å²) in [5, 5.41) is 8.70. The van der Waals surface area contributed by atoms with E-state index in [9.17, 15) is 9.59 Å². The van der Waals surface area contributed by atoms with Crippen molar-refractivity contribution in [1.82, 2.24) is 24.7 Å². The molecule has 10 heteroatoms. The Labute approximate surface area is 212 Å². The fraction of sp³-hybridized carbons (Fsp3) is 0.0741. The Morgan fingerprint density at radius 3 is 2.46 bits per heavy atom. The number of carbonyl (C=O) groups excluding carboxylic acids is 2. The number of nitrogens with one attached hydrogen (secondary N) is 3. The van der Waals surface area contributed by atoms with Gasteiger partial charge in [-0.05, 0) is 42.5 Å². The summed E-state index contributed by atoms with van der Waals surface area (Å²) in [6.07, 6.45) is 7.03. The van der Waals surface area contributed by atoms with Gasteiger partial charge in [0.2, 0.25) is 5.88 Å². The standard InChI is InChI=1S/C27H23N7O3/c1-28-26(35)17-6-8-20(9-7-17)32-27(36)19-5-3-4-18(14-19)22-16-34-13-12-29-25(34)24(33-22)31-21-10-11-23(37-2)30-15-21/h3-16H,1-2H3,(H,28,35)(H,31,33)(H,32,36). The number of hydrogen-bond acceptors (Lipinski definition) is 7. The molecule has 2 aromatic carbocycles. The summed E-state index contributed by atoms with van der Waals surface area (Å²) in [5.41, 5.74) is 4.35. The van der Waals surface area contributed by atoms with Crippen molar-refractivity contribution in [3.8, 4) is 17.1 Å². The molecule has 5 rings (SSSR count). The highest BCUT2D eigenvalue weighted by atomic mass is 16.5. The number of carbonyl (C=O) groups is 2. The SMILES string of the molecule is CNC(=O)c1ccc(NC(=O)c2cccc(-c3cn4ccnc4c(Nc4ccc(OC)nc4)n3)c2)cc1. The number of ether oxygens (including phenoxy) is 1. The molecule has 0 radical (unpaired) electrons. The Morgan fingerprint density at radius 1 is 0.919 bits per heavy atom. The van der Waals surface area contributed by atoms with E-state index in [4.69, 9.17) is 9.72 Å². The molecule has 0 atom stereocenters. The van der Waals surface area contributed by atoms with Crippen LogP contribution in [0.1, 0.15) is 20.7 Å². The number of amides is 2. The zero-order chi connectivity index (χ0) is 25.8. The molecule has 184 valence electrons. The van der Waals surface area contributed by atoms with Crippen molar-refractivity contribution in [3.63, 3.8) is 0 Å². The van der Waals surface area contributed by atoms with Crippen LogP contribution in [0.4, 0.5) is 17.2 Å². The lowest BCUT2D eigenvalue weighted by Crippen LogP contribution is -2.17. The minimum Gasteiger partial charge on any atom is -0.481 e. The Hall–Kier alpha value is -5.25. The van der Waals surface area contributed by atoms with Gasteiger partial charge in [-0.3, -0.25) is 9.59 Å². The molecule has 10 nitrogen and oxygen atoms in total. The van der Waals surface area contributed by atoms with Crippen molar-refractivity contribution < 1.29 is 14.3 Å². The fourth-order valence-electron chi connectivity index (χ4n) is 3.74. The Kier molecular flexibility index (Phi) is 6.45. The Bertz CT molecular complexity index is 1580. The van der Waals surface area contributed by atoms with Crippen molar-refractivity contribution in [1.29, 1.82) is 0 Å². The number of hydrogen-bond donors (Lipinski definition) is 3. The van der Waals surface area contributed by atoms with Gasteiger partial charge < -0.3 is 25.1 Å². The highest BCUT2D eigenvalue weighted by molar-refractivity contribution is 6.05. The molecule has 0 aliphatic heterocycles. The second-order valence-corrected chi connectivity index (χ2v) is 8.04. The van der Waals surface area contributed by atoms with Crippen LogP contribution in [0.2, 0.25) is 0 Å². The van der Waals surface area contributed by atoms with Gasteiger partial charge in [0.05, 0.1) is 24.7 Å². The molecule has 37 heavy (non-hydrogen) atoms. The molecule has 0 bridgehead atoms. The van der Waals surface area contributed by atoms with Gasteiger partial charge in [0.15, 0.2) is 11.5 Å². The van der Waals surface area contributed by atoms with E-state index in [2.05, 4.69) is 25.9 Å². The number of rotatable bonds is 7. The lowest BCUT2D eigenvalue weighted by Gasteiger charge is -2.11. The molecule has 0 saturated heterocycles. The lowest BCUT2D eigenvalue weighted by atomic mass is 10.1. The summed E-state index contributed by atoms with van der Waals surface area (Å²) >= 11 is 0. The van der Waals surface area contributed by atoms with Gasteiger partial charge in [0.1, 0.15) is 0 Å². The van der Waals surface area contributed by atoms with E-state index in [-0.39, 0.29) is 11.8 Å². The number of pyridine rings is 1. The maximum absolute atomic E-state index is 12.9. The predicted molar refractivity (Wildman–Crippen MR) is 140 cm³/mol. The third kappa shape index (κ3) is 5.08. The van der Waals surface area contributed by atoms with Crippen LogP contribution in [0.5, 0.6) is 5.88 Å². The summed E-state index contributed by atoms with van der Waals surface area (Å²) in [5.74, 6) is 0.585. The van der Waals surface area contributed by atoms with Crippen LogP contribution in [-0.2, 0) is 0 Å². The molecule has 0 aliphatic rings. The van der Waals surface area contributed by atoms with Gasteiger partial charge >= 0.3 is 0 Å². The average Bonchev–Trinajstić information content (AvgIpc) is 3.43. The van der Waals surface area contributed by atoms with E-state index in [0.29, 0.717) is 39.9 Å². The van der Waals surface area contributed by atoms with Crippen LogP contribution in [0, 0.1) is 0 Å². The molecule has 3 heterocycles. The number of methoxy groups -OCH3 is 1. The van der Waals surface area contributed by atoms with E-state index in [1.54, 1.807) is 75.1 Å². The van der Waals surface area contributed by atoms with Gasteiger partial charge in [-0.25, -0.2) is 15.0 Å². The summed E-state index contributed by atoms with van der Waals surface area (Å²) < 4.78 is 6.99. The van der Waals surface area contributed by atoms with Crippen LogP contribution >= 0.6 is 0 Å². The van der Waals surface area contributed by atoms with Crippen LogP contribution < -0.4 is 20.7 Å². The zero-order valence-electron chi connectivity index (χ0n) is 20.1. The van der Waals surface area contributed by atoms with Crippen molar-refractivity contribution in [2.45, 2.75) is 0 Å². The highest BCUT2D eigenvalue weighted by Gasteiger charge is 2.13. The number of nitrogens with zero attached hydrogens (tertiary/aromatic N) is 4. The maximum atomic E-state index is 12.9. The number of fused-ring (bicyclic) bond motifs is 1. The van der Waals surface area contributed by atoms with Crippen molar-refractivity contribution >= 4 is 34.7 Å². The molecule has 2 amide bonds. The quantitative estimate of drug-likeness (QED) is 0.311. The molecule has 5 aromatic rings. The molecule has 0 saturated carbocycles. The zero-order valence-corrected chi connectivity index (χ0v) is 20.1. The molecule has 0 spiro atoms. The first-order valence-electron chi connectivity index (χ1n) is 11.4. The van der Waals surface area contributed by atoms with Crippen LogP contribution in [0.3, 0.4) is 0 Å². The van der Waals surface area contributed by atoms with Crippen molar-refractivity contribution in [3.05, 3.63) is 96.6 Å². The second kappa shape index (κ2) is 10.2. The topological polar surface area (TPSA) is 123 Å². The van der Waals surface area contributed by atoms with Crippen LogP contribution in [0.15, 0.2) is 85.5 Å². The minimum absolute atomic E-state index is 0.190. The van der Waals surface area contributed by atoms with Gasteiger partial charge in [-0.1, -0.05) is 12.1 Å². The van der Waals surface area contributed by atoms with Gasteiger partial charge in [0, 0.05) is 54.1 Å². The monoisotopic (exact) mass is 493 g/mol. The van der Waals surface area contributed by atoms with Crippen LogP contribution in [-0.4, -0.2) is 45.3 Å². The third-order valence-corrected chi connectivity index (χ3v) is 5.63. The average molecular weight is 494 g/mol. The van der Waals surface area contributed by atoms with E-state index < -0.39 is 0 Å². The second-order valence-electron chi connectivity index (χ2n) is 8.04. The fourth-order valence-corrected chi connectivity index (χ4v) is 3.74. The van der Waals surface area contributed by atoms with E-state index in [1.165, 1.54) is 0 Å². The molecule has 3 N–H and O–H groups in total. The molecular formula is C27H23N7O3. The molecule has 0 fully saturated rings. The van der Waals surface area contributed by atoms with Gasteiger partial charge in [-0.2, -0.15) is 0 Å². The normalized spacial score (nSPS) is 10.6. The van der Waals surface area contributed by atoms with E-state index in [1.807, 2.05) is 28.9 Å². The smallest absolute Gasteiger partial charge is 0.255 e. The summed E-state index contributed by atoms with van der Waals surface area (Å²) in [6, 6.07) is 17.5. The Balaban J connectivity index is 1.41. The van der Waals surface area contributed by atoms with Gasteiger partial charge in [-0.15, -0.1) is 0 Å². The number of benzene rings is 2. The summed E-state index contributed by atoms with van der Waals surface area (Å²) in [7, 11) is 3.13. The maximum Gasteiger partial charge on any atom is 0.255 e. The van der Waals surface area contributed by atoms with E-state index in [0.717, 1.165) is 11.3 Å². The summed E-state index contributed by atoms with van der Waals surface area (Å²) in [4.78, 5) is 38.1. The first-order chi connectivity index (χ1) is 18.0. The largest absolute Gasteiger partial charge is 0.481 e. The van der Waals surface area contributed by atoms with Crippen LogP contribution in [0.25, 0.3) is 16.9 Å². The number of aromatic nitrogens is 4. The van der Waals surface area contributed by atoms with Crippen molar-refractivity contribution in [2.75, 3.05) is 24.8 Å².